The van der Waals surface area contributed by atoms with Crippen molar-refractivity contribution in [3.05, 3.63) is 210 Å². The molecule has 0 fully saturated rings. The van der Waals surface area contributed by atoms with Crippen LogP contribution in [0.5, 0.6) is 0 Å². The number of aryl methyl sites for hydroxylation is 1. The van der Waals surface area contributed by atoms with E-state index in [1.807, 2.05) is 24.3 Å². The van der Waals surface area contributed by atoms with E-state index >= 15 is 0 Å². The SMILES string of the molecule is Cc1ccc(N([P+](c2ccccc2)(c2ccccc2)c2ccccc2)P(Cl)(c2ccccc2)(c2ccccc2)c2cccc(Cl)c2Cl)cc1. The van der Waals surface area contributed by atoms with Crippen molar-refractivity contribution in [3.63, 3.8) is 0 Å². The van der Waals surface area contributed by atoms with Crippen molar-refractivity contribution >= 4 is 85.5 Å². The molecule has 0 heterocycles. The Hall–Kier alpha value is -3.93. The first-order chi connectivity index (χ1) is 23.9. The summed E-state index contributed by atoms with van der Waals surface area (Å²) in [4.78, 5) is 0. The molecule has 0 aromatic heterocycles. The quantitative estimate of drug-likeness (QED) is 0.134. The second-order valence-corrected chi connectivity index (χ2v) is 22.1. The molecule has 0 amide bonds. The minimum absolute atomic E-state index is 0.439. The van der Waals surface area contributed by atoms with Gasteiger partial charge >= 0.3 is 307 Å². The summed E-state index contributed by atoms with van der Waals surface area (Å²) in [6, 6.07) is 68.2. The van der Waals surface area contributed by atoms with Crippen molar-refractivity contribution in [3.8, 4) is 0 Å². The Morgan fingerprint density at radius 3 is 1.24 bits per heavy atom. The molecule has 0 aliphatic rings. The normalized spacial score (nSPS) is 12.5. The zero-order valence-corrected chi connectivity index (χ0v) is 31.0. The molecule has 0 unspecified atom stereocenters. The standard InChI is InChI=1S/C43H35Cl3NP2/c1-34-30-32-35(33-31-34)47(48(36-18-7-2-8-19-36,37-20-9-3-10-21-37)38-22-11-4-12-23-38)49(46,39-24-13-5-14-25-39,40-26-15-6-16-27-40)42-29-17-28-41(44)43(42)45/h2-33H,1H3/q+1. The van der Waals surface area contributed by atoms with Crippen LogP contribution >= 0.6 is 48.0 Å². The summed E-state index contributed by atoms with van der Waals surface area (Å²) in [6.45, 7) is 2.12. The molecule has 1 nitrogen and oxygen atoms in total. The van der Waals surface area contributed by atoms with Crippen molar-refractivity contribution in [1.82, 2.24) is 0 Å². The number of nitrogens with zero attached hydrogens (tertiary/aromatic N) is 1. The van der Waals surface area contributed by atoms with Gasteiger partial charge in [-0.05, 0) is 0 Å². The number of benzene rings is 7. The third-order valence-corrected chi connectivity index (χ3v) is 23.0. The van der Waals surface area contributed by atoms with Crippen molar-refractivity contribution < 1.29 is 0 Å². The Morgan fingerprint density at radius 2 is 0.837 bits per heavy atom. The summed E-state index contributed by atoms with van der Waals surface area (Å²) in [6.07, 6.45) is -4.49. The van der Waals surface area contributed by atoms with Gasteiger partial charge in [-0.2, -0.15) is 0 Å². The molecular weight excluding hydrogens is 699 g/mol. The zero-order valence-electron chi connectivity index (χ0n) is 27.0. The van der Waals surface area contributed by atoms with Crippen LogP contribution in [0.2, 0.25) is 10.0 Å². The second-order valence-electron chi connectivity index (χ2n) is 12.0. The van der Waals surface area contributed by atoms with Gasteiger partial charge < -0.3 is 0 Å². The maximum absolute atomic E-state index is 9.27. The number of rotatable bonds is 9. The second kappa shape index (κ2) is 13.8. The molecule has 0 aliphatic carbocycles. The molecule has 0 bridgehead atoms. The van der Waals surface area contributed by atoms with Crippen molar-refractivity contribution in [2.24, 2.45) is 0 Å². The van der Waals surface area contributed by atoms with Crippen LogP contribution in [0.1, 0.15) is 5.56 Å². The maximum atomic E-state index is 9.27. The molecule has 6 heteroatoms. The molecule has 0 N–H and O–H groups in total. The van der Waals surface area contributed by atoms with Gasteiger partial charge in [0.2, 0.25) is 0 Å². The first kappa shape index (κ1) is 33.6. The molecular formula is C43H35Cl3NP2+. The van der Waals surface area contributed by atoms with Gasteiger partial charge in [0.25, 0.3) is 0 Å². The fourth-order valence-electron chi connectivity index (χ4n) is 6.98. The molecule has 7 rings (SSSR count). The van der Waals surface area contributed by atoms with Crippen LogP contribution in [0.15, 0.2) is 194 Å². The third-order valence-electron chi connectivity index (χ3n) is 9.12. The molecule has 0 saturated carbocycles. The summed E-state index contributed by atoms with van der Waals surface area (Å²) in [5, 5.41) is 7.07. The van der Waals surface area contributed by atoms with Crippen molar-refractivity contribution in [1.29, 1.82) is 0 Å². The number of hydrogen-bond acceptors (Lipinski definition) is 1. The molecule has 0 spiro atoms. The van der Waals surface area contributed by atoms with Gasteiger partial charge in [0, 0.05) is 0 Å². The average Bonchev–Trinajstić information content (AvgIpc) is 3.17. The van der Waals surface area contributed by atoms with E-state index in [1.165, 1.54) is 0 Å². The van der Waals surface area contributed by atoms with Crippen molar-refractivity contribution in [2.45, 2.75) is 6.92 Å². The van der Waals surface area contributed by atoms with Crippen LogP contribution in [0.4, 0.5) is 5.69 Å². The Bertz CT molecular complexity index is 2030. The van der Waals surface area contributed by atoms with E-state index < -0.39 is 13.5 Å². The van der Waals surface area contributed by atoms with Crippen LogP contribution in [0.3, 0.4) is 0 Å². The average molecular weight is 734 g/mol. The molecule has 49 heavy (non-hydrogen) atoms. The predicted octanol–water partition coefficient (Wildman–Crippen LogP) is 10.6. The Balaban J connectivity index is 1.85. The van der Waals surface area contributed by atoms with Crippen LogP contribution in [-0.2, 0) is 0 Å². The van der Waals surface area contributed by atoms with Gasteiger partial charge in [-0.15, -0.1) is 0 Å². The van der Waals surface area contributed by atoms with Gasteiger partial charge in [-0.3, -0.25) is 0 Å². The van der Waals surface area contributed by atoms with Gasteiger partial charge in [-0.25, -0.2) is 0 Å². The van der Waals surface area contributed by atoms with Gasteiger partial charge in [0.15, 0.2) is 0 Å². The molecule has 0 radical (unpaired) electrons. The summed E-state index contributed by atoms with van der Waals surface area (Å²) >= 11 is 23.8. The Morgan fingerprint density at radius 1 is 0.449 bits per heavy atom. The summed E-state index contributed by atoms with van der Waals surface area (Å²) < 4.78 is 2.61. The van der Waals surface area contributed by atoms with E-state index in [0.29, 0.717) is 10.0 Å². The van der Waals surface area contributed by atoms with E-state index in [4.69, 9.17) is 23.2 Å². The number of hydrogen-bond donors (Lipinski definition) is 0. The molecule has 7 aromatic carbocycles. The summed E-state index contributed by atoms with van der Waals surface area (Å²) in [5.74, 6) is 0. The van der Waals surface area contributed by atoms with Crippen LogP contribution < -0.4 is 36.3 Å². The van der Waals surface area contributed by atoms with Crippen LogP contribution in [-0.4, -0.2) is 0 Å². The van der Waals surface area contributed by atoms with Crippen LogP contribution in [0, 0.1) is 6.92 Å². The van der Waals surface area contributed by atoms with Crippen molar-refractivity contribution in [2.75, 3.05) is 4.44 Å². The third kappa shape index (κ3) is 5.41. The first-order valence-electron chi connectivity index (χ1n) is 16.1. The summed E-state index contributed by atoms with van der Waals surface area (Å²) in [5.41, 5.74) is 2.13. The van der Waals surface area contributed by atoms with Gasteiger partial charge in [0.05, 0.1) is 0 Å². The number of anilines is 1. The zero-order chi connectivity index (χ0) is 33.9. The van der Waals surface area contributed by atoms with E-state index in [2.05, 4.69) is 181 Å². The van der Waals surface area contributed by atoms with E-state index in [0.717, 1.165) is 43.1 Å². The van der Waals surface area contributed by atoms with E-state index in [9.17, 15) is 11.2 Å². The van der Waals surface area contributed by atoms with Gasteiger partial charge in [-0.1, -0.05) is 0 Å². The van der Waals surface area contributed by atoms with Crippen LogP contribution in [0.25, 0.3) is 0 Å². The van der Waals surface area contributed by atoms with E-state index in [1.54, 1.807) is 0 Å². The molecule has 242 valence electrons. The van der Waals surface area contributed by atoms with Gasteiger partial charge in [0.1, 0.15) is 0 Å². The molecule has 7 aromatic rings. The molecule has 0 atom stereocenters. The Kier molecular flexibility index (Phi) is 9.43. The topological polar surface area (TPSA) is 3.24 Å². The summed E-state index contributed by atoms with van der Waals surface area (Å²) in [7, 11) is -2.96. The Labute approximate surface area is 304 Å². The van der Waals surface area contributed by atoms with E-state index in [-0.39, 0.29) is 0 Å². The predicted molar refractivity (Wildman–Crippen MR) is 220 cm³/mol. The number of halogens is 3. The monoisotopic (exact) mass is 732 g/mol. The molecule has 0 aliphatic heterocycles. The first-order valence-corrected chi connectivity index (χ1v) is 21.7. The molecule has 0 saturated heterocycles. The fourth-order valence-corrected chi connectivity index (χ4v) is 22.3. The fraction of sp³-hybridized carbons (Fsp3) is 0.0233. The minimum atomic E-state index is -4.49.